The van der Waals surface area contributed by atoms with Crippen molar-refractivity contribution in [2.75, 3.05) is 24.4 Å². The number of carbonyl (C=O) groups excluding carboxylic acids is 1. The van der Waals surface area contributed by atoms with Gasteiger partial charge in [-0.25, -0.2) is 4.79 Å². The Bertz CT molecular complexity index is 582. The fourth-order valence-corrected chi connectivity index (χ4v) is 1.64. The average Bonchev–Trinajstić information content (AvgIpc) is 2.83. The van der Waals surface area contributed by atoms with Crippen molar-refractivity contribution in [1.82, 2.24) is 14.8 Å². The first-order chi connectivity index (χ1) is 9.67. The first-order valence-electron chi connectivity index (χ1n) is 6.20. The molecule has 0 bridgehead atoms. The monoisotopic (exact) mass is 275 g/mol. The van der Waals surface area contributed by atoms with E-state index in [1.165, 1.54) is 0 Å². The Morgan fingerprint density at radius 1 is 1.40 bits per heavy atom. The van der Waals surface area contributed by atoms with Gasteiger partial charge in [-0.3, -0.25) is 15.0 Å². The Kier molecular flexibility index (Phi) is 4.67. The van der Waals surface area contributed by atoms with Crippen LogP contribution in [0, 0.1) is 6.92 Å². The Balaban J connectivity index is 1.89. The lowest BCUT2D eigenvalue weighted by molar-refractivity contribution is 0.183. The van der Waals surface area contributed by atoms with Crippen molar-refractivity contribution in [3.05, 3.63) is 36.3 Å². The van der Waals surface area contributed by atoms with Gasteiger partial charge in [0.1, 0.15) is 0 Å². The SMILES string of the molecule is COCCn1ccc(NC(=O)Nc2ccnc(C)c2)n1. The number of aryl methyl sites for hydroxylation is 1. The smallest absolute Gasteiger partial charge is 0.324 e. The maximum atomic E-state index is 11.8. The predicted octanol–water partition coefficient (Wildman–Crippen LogP) is 1.88. The molecule has 0 unspecified atom stereocenters. The third-order valence-corrected chi connectivity index (χ3v) is 2.56. The van der Waals surface area contributed by atoms with E-state index >= 15 is 0 Å². The van der Waals surface area contributed by atoms with Gasteiger partial charge in [0.2, 0.25) is 0 Å². The van der Waals surface area contributed by atoms with E-state index in [0.29, 0.717) is 24.7 Å². The van der Waals surface area contributed by atoms with E-state index in [1.807, 2.05) is 6.92 Å². The average molecular weight is 275 g/mol. The van der Waals surface area contributed by atoms with E-state index < -0.39 is 0 Å². The number of amides is 2. The number of nitrogens with one attached hydrogen (secondary N) is 2. The van der Waals surface area contributed by atoms with Crippen LogP contribution in [0.3, 0.4) is 0 Å². The molecular weight excluding hydrogens is 258 g/mol. The normalized spacial score (nSPS) is 10.3. The lowest BCUT2D eigenvalue weighted by atomic mass is 10.3. The molecule has 0 aliphatic heterocycles. The molecule has 2 aromatic heterocycles. The predicted molar refractivity (Wildman–Crippen MR) is 75.7 cm³/mol. The lowest BCUT2D eigenvalue weighted by Crippen LogP contribution is -2.20. The number of nitrogens with zero attached hydrogens (tertiary/aromatic N) is 3. The van der Waals surface area contributed by atoms with E-state index in [2.05, 4.69) is 20.7 Å². The number of pyridine rings is 1. The van der Waals surface area contributed by atoms with Gasteiger partial charge < -0.3 is 10.1 Å². The van der Waals surface area contributed by atoms with Crippen LogP contribution in [0.2, 0.25) is 0 Å². The van der Waals surface area contributed by atoms with Gasteiger partial charge in [-0.1, -0.05) is 0 Å². The largest absolute Gasteiger partial charge is 0.383 e. The van der Waals surface area contributed by atoms with Crippen LogP contribution in [0.1, 0.15) is 5.69 Å². The van der Waals surface area contributed by atoms with E-state index in [1.54, 1.807) is 42.4 Å². The topological polar surface area (TPSA) is 81.1 Å². The van der Waals surface area contributed by atoms with Crippen LogP contribution in [-0.2, 0) is 11.3 Å². The van der Waals surface area contributed by atoms with Gasteiger partial charge in [0.25, 0.3) is 0 Å². The van der Waals surface area contributed by atoms with Crippen molar-refractivity contribution >= 4 is 17.5 Å². The van der Waals surface area contributed by atoms with Gasteiger partial charge in [0, 0.05) is 37.0 Å². The Morgan fingerprint density at radius 2 is 2.25 bits per heavy atom. The van der Waals surface area contributed by atoms with Gasteiger partial charge >= 0.3 is 6.03 Å². The fraction of sp³-hybridized carbons (Fsp3) is 0.308. The molecule has 2 amide bonds. The zero-order valence-corrected chi connectivity index (χ0v) is 11.5. The highest BCUT2D eigenvalue weighted by atomic mass is 16.5. The number of urea groups is 1. The minimum absolute atomic E-state index is 0.340. The highest BCUT2D eigenvalue weighted by Gasteiger charge is 2.05. The van der Waals surface area contributed by atoms with Gasteiger partial charge in [-0.05, 0) is 19.1 Å². The van der Waals surface area contributed by atoms with Crippen molar-refractivity contribution in [2.45, 2.75) is 13.5 Å². The summed E-state index contributed by atoms with van der Waals surface area (Å²) in [6, 6.07) is 4.90. The van der Waals surface area contributed by atoms with Crippen LogP contribution in [0.15, 0.2) is 30.6 Å². The molecule has 2 rings (SSSR count). The van der Waals surface area contributed by atoms with Gasteiger partial charge in [-0.15, -0.1) is 0 Å². The molecule has 0 spiro atoms. The molecule has 2 N–H and O–H groups in total. The van der Waals surface area contributed by atoms with Crippen LogP contribution in [0.4, 0.5) is 16.3 Å². The van der Waals surface area contributed by atoms with E-state index in [-0.39, 0.29) is 6.03 Å². The maximum Gasteiger partial charge on any atom is 0.324 e. The number of anilines is 2. The first kappa shape index (κ1) is 14.0. The fourth-order valence-electron chi connectivity index (χ4n) is 1.64. The molecule has 0 saturated heterocycles. The summed E-state index contributed by atoms with van der Waals surface area (Å²) in [6.07, 6.45) is 3.43. The third-order valence-electron chi connectivity index (χ3n) is 2.56. The molecule has 0 aliphatic rings. The van der Waals surface area contributed by atoms with Crippen molar-refractivity contribution in [1.29, 1.82) is 0 Å². The summed E-state index contributed by atoms with van der Waals surface area (Å²) in [7, 11) is 1.63. The van der Waals surface area contributed by atoms with Crippen LogP contribution < -0.4 is 10.6 Å². The Hall–Kier alpha value is -2.41. The molecule has 0 aliphatic carbocycles. The number of carbonyl (C=O) groups is 1. The second-order valence-corrected chi connectivity index (χ2v) is 4.22. The number of hydrogen-bond donors (Lipinski definition) is 2. The molecule has 106 valence electrons. The highest BCUT2D eigenvalue weighted by Crippen LogP contribution is 2.08. The van der Waals surface area contributed by atoms with E-state index in [9.17, 15) is 4.79 Å². The zero-order chi connectivity index (χ0) is 14.4. The van der Waals surface area contributed by atoms with Gasteiger partial charge in [0.15, 0.2) is 5.82 Å². The zero-order valence-electron chi connectivity index (χ0n) is 11.5. The second-order valence-electron chi connectivity index (χ2n) is 4.22. The summed E-state index contributed by atoms with van der Waals surface area (Å²) >= 11 is 0. The molecule has 0 atom stereocenters. The summed E-state index contributed by atoms with van der Waals surface area (Å²) in [5, 5.41) is 9.58. The first-order valence-corrected chi connectivity index (χ1v) is 6.20. The quantitative estimate of drug-likeness (QED) is 0.873. The van der Waals surface area contributed by atoms with Crippen molar-refractivity contribution in [2.24, 2.45) is 0 Å². The van der Waals surface area contributed by atoms with Crippen LogP contribution in [0.25, 0.3) is 0 Å². The summed E-state index contributed by atoms with van der Waals surface area (Å²) in [6.45, 7) is 3.08. The minimum Gasteiger partial charge on any atom is -0.383 e. The molecular formula is C13H17N5O2. The van der Waals surface area contributed by atoms with E-state index in [4.69, 9.17) is 4.74 Å². The molecule has 0 saturated carbocycles. The van der Waals surface area contributed by atoms with Crippen LogP contribution in [-0.4, -0.2) is 34.5 Å². The molecule has 7 nitrogen and oxygen atoms in total. The summed E-state index contributed by atoms with van der Waals surface area (Å²) in [5.41, 5.74) is 1.53. The second kappa shape index (κ2) is 6.67. The number of aromatic nitrogens is 3. The standard InChI is InChI=1S/C13H17N5O2/c1-10-9-11(3-5-14-10)15-13(19)16-12-4-6-18(17-12)7-8-20-2/h3-6,9H,7-8H2,1-2H3,(H2,14,15,16,17,19). The molecule has 2 heterocycles. The van der Waals surface area contributed by atoms with E-state index in [0.717, 1.165) is 5.69 Å². The van der Waals surface area contributed by atoms with Crippen LogP contribution >= 0.6 is 0 Å². The van der Waals surface area contributed by atoms with Gasteiger partial charge in [-0.2, -0.15) is 5.10 Å². The van der Waals surface area contributed by atoms with Crippen molar-refractivity contribution in [3.63, 3.8) is 0 Å². The molecule has 20 heavy (non-hydrogen) atoms. The Morgan fingerprint density at radius 3 is 3.00 bits per heavy atom. The van der Waals surface area contributed by atoms with Gasteiger partial charge in [0.05, 0.1) is 13.2 Å². The third kappa shape index (κ3) is 4.06. The number of rotatable bonds is 5. The number of hydrogen-bond acceptors (Lipinski definition) is 4. The van der Waals surface area contributed by atoms with Crippen molar-refractivity contribution < 1.29 is 9.53 Å². The maximum absolute atomic E-state index is 11.8. The molecule has 0 aromatic carbocycles. The Labute approximate surface area is 117 Å². The van der Waals surface area contributed by atoms with Crippen molar-refractivity contribution in [3.8, 4) is 0 Å². The number of methoxy groups -OCH3 is 1. The van der Waals surface area contributed by atoms with Crippen LogP contribution in [0.5, 0.6) is 0 Å². The molecule has 7 heteroatoms. The lowest BCUT2D eigenvalue weighted by Gasteiger charge is -2.06. The highest BCUT2D eigenvalue weighted by molar-refractivity contribution is 5.99. The summed E-state index contributed by atoms with van der Waals surface area (Å²) in [5.74, 6) is 0.490. The molecule has 0 fully saturated rings. The summed E-state index contributed by atoms with van der Waals surface area (Å²) in [4.78, 5) is 15.9. The molecule has 0 radical (unpaired) electrons. The number of ether oxygens (including phenoxy) is 1. The summed E-state index contributed by atoms with van der Waals surface area (Å²) < 4.78 is 6.66. The minimum atomic E-state index is -0.340. The molecule has 2 aromatic rings.